The quantitative estimate of drug-likeness (QED) is 0.566. The lowest BCUT2D eigenvalue weighted by atomic mass is 9.98. The van der Waals surface area contributed by atoms with Gasteiger partial charge in [-0.2, -0.15) is 0 Å². The molecule has 4 heteroatoms. The number of benzene rings is 2. The van der Waals surface area contributed by atoms with Crippen molar-refractivity contribution in [1.82, 2.24) is 0 Å². The van der Waals surface area contributed by atoms with Crippen LogP contribution in [0.25, 0.3) is 5.57 Å². The summed E-state index contributed by atoms with van der Waals surface area (Å²) < 4.78 is 5.94. The van der Waals surface area contributed by atoms with Gasteiger partial charge in [0.15, 0.2) is 0 Å². The van der Waals surface area contributed by atoms with E-state index in [4.69, 9.17) is 4.74 Å². The zero-order chi connectivity index (χ0) is 20.5. The third-order valence-corrected chi connectivity index (χ3v) is 4.98. The normalized spacial score (nSPS) is 13.0. The van der Waals surface area contributed by atoms with Crippen molar-refractivity contribution in [2.24, 2.45) is 5.92 Å². The summed E-state index contributed by atoms with van der Waals surface area (Å²) in [6.07, 6.45) is 3.32. The monoisotopic (exact) mass is 384 g/mol. The van der Waals surface area contributed by atoms with E-state index >= 15 is 0 Å². The lowest BCUT2D eigenvalue weighted by Crippen LogP contribution is -2.13. The van der Waals surface area contributed by atoms with E-state index in [1.54, 1.807) is 0 Å². The van der Waals surface area contributed by atoms with Crippen molar-refractivity contribution < 1.29 is 20.1 Å². The Morgan fingerprint density at radius 3 is 2.43 bits per heavy atom. The lowest BCUT2D eigenvalue weighted by molar-refractivity contribution is 0.128. The lowest BCUT2D eigenvalue weighted by Gasteiger charge is -2.14. The van der Waals surface area contributed by atoms with E-state index in [0.717, 1.165) is 34.4 Å². The van der Waals surface area contributed by atoms with Gasteiger partial charge in [-0.25, -0.2) is 0 Å². The maximum atomic E-state index is 10.1. The van der Waals surface area contributed by atoms with Gasteiger partial charge in [0, 0.05) is 0 Å². The van der Waals surface area contributed by atoms with Crippen molar-refractivity contribution in [3.63, 3.8) is 0 Å². The SMILES string of the molecule is CC/C(=C\CC(O)C(C)C)c1cccc(OCc2ccc(CO)c(CO)c2)c1. The second kappa shape index (κ2) is 11.0. The number of rotatable bonds is 10. The molecule has 0 aromatic heterocycles. The van der Waals surface area contributed by atoms with Crippen LogP contribution < -0.4 is 4.74 Å². The standard InChI is InChI=1S/C24H32O4/c1-4-19(10-11-24(27)17(2)3)20-6-5-7-23(13-20)28-16-18-8-9-21(14-25)22(12-18)15-26/h5-10,12-13,17,24-27H,4,11,14-16H2,1-3H3/b19-10+. The van der Waals surface area contributed by atoms with Crippen LogP contribution in [0.2, 0.25) is 0 Å². The summed E-state index contributed by atoms with van der Waals surface area (Å²) in [7, 11) is 0. The Bertz CT molecular complexity index is 780. The Kier molecular flexibility index (Phi) is 8.71. The van der Waals surface area contributed by atoms with Gasteiger partial charge in [0.05, 0.1) is 19.3 Å². The first-order valence-electron chi connectivity index (χ1n) is 9.91. The van der Waals surface area contributed by atoms with E-state index in [-0.39, 0.29) is 25.2 Å². The molecule has 0 saturated heterocycles. The van der Waals surface area contributed by atoms with Gasteiger partial charge in [-0.05, 0) is 64.8 Å². The third kappa shape index (κ3) is 6.20. The molecule has 0 aliphatic rings. The molecular weight excluding hydrogens is 352 g/mol. The summed E-state index contributed by atoms with van der Waals surface area (Å²) in [5, 5.41) is 28.8. The number of aliphatic hydroxyl groups is 3. The first kappa shape index (κ1) is 22.2. The zero-order valence-electron chi connectivity index (χ0n) is 17.1. The summed E-state index contributed by atoms with van der Waals surface area (Å²) in [6.45, 7) is 6.35. The van der Waals surface area contributed by atoms with Crippen molar-refractivity contribution in [2.75, 3.05) is 0 Å². The Balaban J connectivity index is 2.09. The van der Waals surface area contributed by atoms with Gasteiger partial charge in [0.1, 0.15) is 12.4 Å². The summed E-state index contributed by atoms with van der Waals surface area (Å²) in [4.78, 5) is 0. The van der Waals surface area contributed by atoms with Gasteiger partial charge < -0.3 is 20.1 Å². The van der Waals surface area contributed by atoms with Crippen LogP contribution in [0.4, 0.5) is 0 Å². The van der Waals surface area contributed by atoms with Gasteiger partial charge in [0.2, 0.25) is 0 Å². The van der Waals surface area contributed by atoms with Crippen molar-refractivity contribution >= 4 is 5.57 Å². The van der Waals surface area contributed by atoms with Gasteiger partial charge in [-0.3, -0.25) is 0 Å². The molecular formula is C24H32O4. The van der Waals surface area contributed by atoms with Crippen LogP contribution in [0.5, 0.6) is 5.75 Å². The number of hydrogen-bond donors (Lipinski definition) is 3. The maximum Gasteiger partial charge on any atom is 0.120 e. The molecule has 28 heavy (non-hydrogen) atoms. The van der Waals surface area contributed by atoms with Gasteiger partial charge in [-0.1, -0.05) is 51.1 Å². The topological polar surface area (TPSA) is 69.9 Å². The fourth-order valence-electron chi connectivity index (χ4n) is 3.02. The Labute approximate surface area is 168 Å². The highest BCUT2D eigenvalue weighted by molar-refractivity contribution is 5.66. The molecule has 2 rings (SSSR count). The largest absolute Gasteiger partial charge is 0.489 e. The highest BCUT2D eigenvalue weighted by Gasteiger charge is 2.09. The molecule has 0 aliphatic carbocycles. The third-order valence-electron chi connectivity index (χ3n) is 4.98. The Morgan fingerprint density at radius 2 is 1.79 bits per heavy atom. The molecule has 1 unspecified atom stereocenters. The van der Waals surface area contributed by atoms with Crippen LogP contribution in [0.3, 0.4) is 0 Å². The molecule has 0 bridgehead atoms. The molecule has 2 aromatic rings. The molecule has 3 N–H and O–H groups in total. The first-order chi connectivity index (χ1) is 13.5. The number of ether oxygens (including phenoxy) is 1. The molecule has 2 aromatic carbocycles. The summed E-state index contributed by atoms with van der Waals surface area (Å²) in [5.74, 6) is 1.02. The minimum atomic E-state index is -0.330. The summed E-state index contributed by atoms with van der Waals surface area (Å²) in [5.41, 5.74) is 4.69. The van der Waals surface area contributed by atoms with E-state index in [0.29, 0.717) is 13.0 Å². The van der Waals surface area contributed by atoms with E-state index in [9.17, 15) is 15.3 Å². The highest BCUT2D eigenvalue weighted by atomic mass is 16.5. The van der Waals surface area contributed by atoms with E-state index in [1.165, 1.54) is 5.57 Å². The first-order valence-corrected chi connectivity index (χ1v) is 9.91. The molecule has 0 radical (unpaired) electrons. The van der Waals surface area contributed by atoms with Crippen molar-refractivity contribution in [3.8, 4) is 5.75 Å². The van der Waals surface area contributed by atoms with Crippen molar-refractivity contribution in [3.05, 3.63) is 70.8 Å². The number of allylic oxidation sites excluding steroid dienone is 1. The highest BCUT2D eigenvalue weighted by Crippen LogP contribution is 2.25. The van der Waals surface area contributed by atoms with Gasteiger partial charge in [-0.15, -0.1) is 0 Å². The number of hydrogen-bond acceptors (Lipinski definition) is 4. The van der Waals surface area contributed by atoms with Crippen LogP contribution in [-0.2, 0) is 19.8 Å². The van der Waals surface area contributed by atoms with Crippen LogP contribution in [0, 0.1) is 5.92 Å². The molecule has 0 heterocycles. The minimum absolute atomic E-state index is 0.0866. The molecule has 0 saturated carbocycles. The average molecular weight is 385 g/mol. The van der Waals surface area contributed by atoms with E-state index in [1.807, 2.05) is 50.2 Å². The van der Waals surface area contributed by atoms with E-state index < -0.39 is 0 Å². The van der Waals surface area contributed by atoms with Crippen molar-refractivity contribution in [2.45, 2.75) is 59.5 Å². The molecule has 4 nitrogen and oxygen atoms in total. The second-order valence-electron chi connectivity index (χ2n) is 7.37. The zero-order valence-corrected chi connectivity index (χ0v) is 17.1. The summed E-state index contributed by atoms with van der Waals surface area (Å²) >= 11 is 0. The predicted molar refractivity (Wildman–Crippen MR) is 113 cm³/mol. The molecule has 0 spiro atoms. The van der Waals surface area contributed by atoms with Crippen LogP contribution in [0.1, 0.15) is 55.9 Å². The fraction of sp³-hybridized carbons (Fsp3) is 0.417. The van der Waals surface area contributed by atoms with Gasteiger partial charge >= 0.3 is 0 Å². The molecule has 152 valence electrons. The average Bonchev–Trinajstić information content (AvgIpc) is 2.72. The molecule has 1 atom stereocenters. The predicted octanol–water partition coefficient (Wildman–Crippen LogP) is 4.45. The van der Waals surface area contributed by atoms with E-state index in [2.05, 4.69) is 19.1 Å². The smallest absolute Gasteiger partial charge is 0.120 e. The Morgan fingerprint density at radius 1 is 1.04 bits per heavy atom. The van der Waals surface area contributed by atoms with Gasteiger partial charge in [0.25, 0.3) is 0 Å². The second-order valence-corrected chi connectivity index (χ2v) is 7.37. The molecule has 0 aliphatic heterocycles. The Hall–Kier alpha value is -2.14. The minimum Gasteiger partial charge on any atom is -0.489 e. The number of aliphatic hydroxyl groups excluding tert-OH is 3. The maximum absolute atomic E-state index is 10.1. The van der Waals surface area contributed by atoms with Crippen LogP contribution >= 0.6 is 0 Å². The van der Waals surface area contributed by atoms with Crippen molar-refractivity contribution in [1.29, 1.82) is 0 Å². The molecule has 0 fully saturated rings. The molecule has 0 amide bonds. The summed E-state index contributed by atoms with van der Waals surface area (Å²) in [6, 6.07) is 13.6. The van der Waals surface area contributed by atoms with Crippen LogP contribution in [0.15, 0.2) is 48.5 Å². The fourth-order valence-corrected chi connectivity index (χ4v) is 3.02. The van der Waals surface area contributed by atoms with Crippen LogP contribution in [-0.4, -0.2) is 21.4 Å².